The number of amides is 2. The van der Waals surface area contributed by atoms with Crippen molar-refractivity contribution in [1.82, 2.24) is 4.98 Å². The van der Waals surface area contributed by atoms with Gasteiger partial charge in [0.2, 0.25) is 5.91 Å². The molecule has 0 aliphatic heterocycles. The number of aromatic nitrogens is 1. The van der Waals surface area contributed by atoms with Crippen LogP contribution >= 0.6 is 0 Å². The van der Waals surface area contributed by atoms with E-state index in [1.807, 2.05) is 42.5 Å². The average molecular weight is 345 g/mol. The molecule has 1 N–H and O–H groups in total. The summed E-state index contributed by atoms with van der Waals surface area (Å²) in [5, 5.41) is 2.70. The number of anilines is 2. The van der Waals surface area contributed by atoms with Gasteiger partial charge < -0.3 is 10.2 Å². The van der Waals surface area contributed by atoms with Gasteiger partial charge in [0.25, 0.3) is 5.91 Å². The minimum Gasteiger partial charge on any atom is -0.326 e. The van der Waals surface area contributed by atoms with Crippen molar-refractivity contribution in [2.24, 2.45) is 0 Å². The highest BCUT2D eigenvalue weighted by atomic mass is 16.2. The van der Waals surface area contributed by atoms with Gasteiger partial charge >= 0.3 is 0 Å². The monoisotopic (exact) mass is 345 g/mol. The van der Waals surface area contributed by atoms with Crippen LogP contribution in [0.4, 0.5) is 11.4 Å². The van der Waals surface area contributed by atoms with E-state index >= 15 is 0 Å². The maximum atomic E-state index is 13.1. The van der Waals surface area contributed by atoms with E-state index < -0.39 is 0 Å². The van der Waals surface area contributed by atoms with Crippen molar-refractivity contribution in [3.05, 3.63) is 90.3 Å². The zero-order valence-corrected chi connectivity index (χ0v) is 14.4. The van der Waals surface area contributed by atoms with Gasteiger partial charge in [0.05, 0.1) is 6.54 Å². The van der Waals surface area contributed by atoms with Crippen LogP contribution in [0.3, 0.4) is 0 Å². The number of para-hydroxylation sites is 1. The van der Waals surface area contributed by atoms with Gasteiger partial charge in [-0.15, -0.1) is 0 Å². The summed E-state index contributed by atoms with van der Waals surface area (Å²) >= 11 is 0. The maximum Gasteiger partial charge on any atom is 0.258 e. The Bertz CT molecular complexity index is 878. The molecule has 5 nitrogen and oxygen atoms in total. The van der Waals surface area contributed by atoms with Crippen molar-refractivity contribution >= 4 is 23.2 Å². The van der Waals surface area contributed by atoms with E-state index in [4.69, 9.17) is 0 Å². The average Bonchev–Trinajstić information content (AvgIpc) is 2.67. The quantitative estimate of drug-likeness (QED) is 0.763. The summed E-state index contributed by atoms with van der Waals surface area (Å²) in [7, 11) is 0. The first-order valence-electron chi connectivity index (χ1n) is 8.27. The molecule has 0 aliphatic carbocycles. The highest BCUT2D eigenvalue weighted by Gasteiger charge is 2.18. The summed E-state index contributed by atoms with van der Waals surface area (Å²) in [6.07, 6.45) is 3.46. The number of pyridine rings is 1. The Morgan fingerprint density at radius 1 is 0.962 bits per heavy atom. The molecule has 0 atom stereocenters. The topological polar surface area (TPSA) is 62.3 Å². The third-order valence-corrected chi connectivity index (χ3v) is 3.83. The normalized spacial score (nSPS) is 10.2. The largest absolute Gasteiger partial charge is 0.326 e. The van der Waals surface area contributed by atoms with Gasteiger partial charge in [-0.1, -0.05) is 24.3 Å². The molecule has 0 aliphatic rings. The third-order valence-electron chi connectivity index (χ3n) is 3.83. The second-order valence-electron chi connectivity index (χ2n) is 5.85. The lowest BCUT2D eigenvalue weighted by Gasteiger charge is -2.23. The lowest BCUT2D eigenvalue weighted by atomic mass is 10.1. The van der Waals surface area contributed by atoms with Gasteiger partial charge in [0.15, 0.2) is 0 Å². The third kappa shape index (κ3) is 4.33. The fourth-order valence-corrected chi connectivity index (χ4v) is 2.62. The van der Waals surface area contributed by atoms with Crippen LogP contribution in [-0.2, 0) is 11.3 Å². The minimum absolute atomic E-state index is 0.116. The Morgan fingerprint density at radius 3 is 2.31 bits per heavy atom. The molecule has 2 aromatic carbocycles. The number of nitrogens with one attached hydrogen (secondary N) is 1. The molecule has 0 radical (unpaired) electrons. The van der Waals surface area contributed by atoms with Gasteiger partial charge in [-0.3, -0.25) is 14.6 Å². The summed E-state index contributed by atoms with van der Waals surface area (Å²) in [6.45, 7) is 1.87. The molecule has 1 heterocycles. The Hall–Kier alpha value is -3.47. The highest BCUT2D eigenvalue weighted by molar-refractivity contribution is 6.06. The van der Waals surface area contributed by atoms with Crippen molar-refractivity contribution in [3.63, 3.8) is 0 Å². The van der Waals surface area contributed by atoms with Gasteiger partial charge in [-0.05, 0) is 48.0 Å². The van der Waals surface area contributed by atoms with E-state index in [1.165, 1.54) is 6.92 Å². The van der Waals surface area contributed by atoms with Crippen LogP contribution in [0.1, 0.15) is 22.8 Å². The van der Waals surface area contributed by atoms with Gasteiger partial charge in [-0.2, -0.15) is 0 Å². The molecule has 26 heavy (non-hydrogen) atoms. The van der Waals surface area contributed by atoms with Gasteiger partial charge in [-0.25, -0.2) is 0 Å². The van der Waals surface area contributed by atoms with Crippen LogP contribution in [0, 0.1) is 0 Å². The van der Waals surface area contributed by atoms with Crippen LogP contribution in [0.25, 0.3) is 0 Å². The molecule has 2 amide bonds. The number of hydrogen-bond donors (Lipinski definition) is 1. The highest BCUT2D eigenvalue weighted by Crippen LogP contribution is 2.20. The summed E-state index contributed by atoms with van der Waals surface area (Å²) in [6, 6.07) is 20.2. The molecule has 1 aromatic heterocycles. The van der Waals surface area contributed by atoms with Gasteiger partial charge in [0, 0.05) is 36.3 Å². The summed E-state index contributed by atoms with van der Waals surface area (Å²) < 4.78 is 0. The van der Waals surface area contributed by atoms with E-state index in [-0.39, 0.29) is 11.8 Å². The first-order valence-corrected chi connectivity index (χ1v) is 8.27. The van der Waals surface area contributed by atoms with E-state index in [0.717, 1.165) is 11.3 Å². The predicted octanol–water partition coefficient (Wildman–Crippen LogP) is 3.89. The number of nitrogens with zero attached hydrogens (tertiary/aromatic N) is 2. The van der Waals surface area contributed by atoms with E-state index in [0.29, 0.717) is 17.8 Å². The Balaban J connectivity index is 1.88. The van der Waals surface area contributed by atoms with Gasteiger partial charge in [0.1, 0.15) is 0 Å². The standard InChI is InChI=1S/C21H19N3O2/c1-16(25)23-19-11-9-18(10-12-19)21(26)24(20-7-3-2-4-8-20)15-17-6-5-13-22-14-17/h2-14H,15H2,1H3,(H,23,25). The SMILES string of the molecule is CC(=O)Nc1ccc(C(=O)N(Cc2cccnc2)c2ccccc2)cc1. The molecule has 0 bridgehead atoms. The molecular weight excluding hydrogens is 326 g/mol. The first kappa shape index (κ1) is 17.4. The van der Waals surface area contributed by atoms with Crippen LogP contribution in [0.15, 0.2) is 79.1 Å². The lowest BCUT2D eigenvalue weighted by molar-refractivity contribution is -0.114. The molecule has 0 spiro atoms. The number of rotatable bonds is 5. The molecule has 0 saturated heterocycles. The smallest absolute Gasteiger partial charge is 0.258 e. The molecular formula is C21H19N3O2. The van der Waals surface area contributed by atoms with Crippen molar-refractivity contribution in [2.75, 3.05) is 10.2 Å². The first-order chi connectivity index (χ1) is 12.6. The molecule has 0 unspecified atom stereocenters. The zero-order chi connectivity index (χ0) is 18.4. The molecule has 130 valence electrons. The number of hydrogen-bond acceptors (Lipinski definition) is 3. The fraction of sp³-hybridized carbons (Fsp3) is 0.0952. The minimum atomic E-state index is -0.147. The van der Waals surface area contributed by atoms with Crippen LogP contribution in [0.2, 0.25) is 0 Å². The molecule has 0 fully saturated rings. The van der Waals surface area contributed by atoms with Crippen molar-refractivity contribution in [1.29, 1.82) is 0 Å². The van der Waals surface area contributed by atoms with E-state index in [2.05, 4.69) is 10.3 Å². The Labute approximate surface area is 152 Å². The fourth-order valence-electron chi connectivity index (χ4n) is 2.62. The zero-order valence-electron chi connectivity index (χ0n) is 14.4. The number of benzene rings is 2. The van der Waals surface area contributed by atoms with Crippen LogP contribution in [-0.4, -0.2) is 16.8 Å². The van der Waals surface area contributed by atoms with Crippen molar-refractivity contribution in [3.8, 4) is 0 Å². The van der Waals surface area contributed by atoms with Crippen molar-refractivity contribution < 1.29 is 9.59 Å². The molecule has 0 saturated carbocycles. The number of carbonyl (C=O) groups is 2. The van der Waals surface area contributed by atoms with Crippen LogP contribution < -0.4 is 10.2 Å². The molecule has 5 heteroatoms. The molecule has 3 rings (SSSR count). The predicted molar refractivity (Wildman–Crippen MR) is 102 cm³/mol. The van der Waals surface area contributed by atoms with Crippen molar-refractivity contribution in [2.45, 2.75) is 13.5 Å². The number of carbonyl (C=O) groups excluding carboxylic acids is 2. The summed E-state index contributed by atoms with van der Waals surface area (Å²) in [5.74, 6) is -0.263. The second kappa shape index (κ2) is 8.07. The lowest BCUT2D eigenvalue weighted by Crippen LogP contribution is -2.30. The van der Waals surface area contributed by atoms with Crippen LogP contribution in [0.5, 0.6) is 0 Å². The summed E-state index contributed by atoms with van der Waals surface area (Å²) in [4.78, 5) is 30.1. The van der Waals surface area contributed by atoms with E-state index in [9.17, 15) is 9.59 Å². The maximum absolute atomic E-state index is 13.1. The second-order valence-corrected chi connectivity index (χ2v) is 5.85. The van der Waals surface area contributed by atoms with E-state index in [1.54, 1.807) is 41.6 Å². The Morgan fingerprint density at radius 2 is 1.69 bits per heavy atom. The molecule has 3 aromatic rings. The summed E-state index contributed by atoms with van der Waals surface area (Å²) in [5.41, 5.74) is 2.96. The Kier molecular flexibility index (Phi) is 5.39.